The molecule has 0 radical (unpaired) electrons. The highest BCUT2D eigenvalue weighted by molar-refractivity contribution is 6.08. The molecule has 102 valence electrons. The van der Waals surface area contributed by atoms with Gasteiger partial charge in [-0.15, -0.1) is 0 Å². The molecular formula is C15H20N2O2. The summed E-state index contributed by atoms with van der Waals surface area (Å²) in [5.74, 6) is -0.181. The number of para-hydroxylation sites is 1. The Hall–Kier alpha value is -1.97. The van der Waals surface area contributed by atoms with Gasteiger partial charge in [0, 0.05) is 24.5 Å². The molecule has 0 atom stereocenters. The fourth-order valence-electron chi connectivity index (χ4n) is 2.34. The molecule has 0 fully saturated rings. The second-order valence-corrected chi connectivity index (χ2v) is 4.83. The molecule has 0 amide bonds. The van der Waals surface area contributed by atoms with E-state index < -0.39 is 5.97 Å². The number of anilines is 1. The van der Waals surface area contributed by atoms with Crippen molar-refractivity contribution in [2.24, 2.45) is 0 Å². The van der Waals surface area contributed by atoms with Crippen LogP contribution in [0.3, 0.4) is 0 Å². The molecule has 4 nitrogen and oxygen atoms in total. The van der Waals surface area contributed by atoms with Gasteiger partial charge in [0.25, 0.3) is 0 Å². The number of benzene rings is 1. The summed E-state index contributed by atoms with van der Waals surface area (Å²) in [4.78, 5) is 16.7. The molecule has 1 aromatic carbocycles. The predicted octanol–water partition coefficient (Wildman–Crippen LogP) is 3.49. The first-order chi connectivity index (χ1) is 9.15. The normalized spacial score (nSPS) is 10.8. The summed E-state index contributed by atoms with van der Waals surface area (Å²) in [6, 6.07) is 7.53. The molecule has 0 aliphatic rings. The lowest BCUT2D eigenvalue weighted by Gasteiger charge is -2.18. The van der Waals surface area contributed by atoms with Crippen LogP contribution in [-0.4, -0.2) is 29.7 Å². The molecular weight excluding hydrogens is 240 g/mol. The third-order valence-electron chi connectivity index (χ3n) is 3.38. The summed E-state index contributed by atoms with van der Waals surface area (Å²) in [5, 5.41) is 10.2. The first kappa shape index (κ1) is 13.5. The van der Waals surface area contributed by atoms with Crippen molar-refractivity contribution in [1.29, 1.82) is 0 Å². The number of aromatic nitrogens is 1. The topological polar surface area (TPSA) is 56.3 Å². The summed E-state index contributed by atoms with van der Waals surface area (Å²) in [5.41, 5.74) is 1.24. The molecule has 0 bridgehead atoms. The number of aromatic carboxylic acids is 1. The minimum atomic E-state index is -0.880. The van der Waals surface area contributed by atoms with Gasteiger partial charge in [0.1, 0.15) is 11.4 Å². The van der Waals surface area contributed by atoms with Crippen LogP contribution in [0, 0.1) is 0 Å². The maximum Gasteiger partial charge on any atom is 0.340 e. The average Bonchev–Trinajstić information content (AvgIpc) is 2.78. The molecule has 0 saturated heterocycles. The number of rotatable bonds is 6. The monoisotopic (exact) mass is 260 g/mol. The van der Waals surface area contributed by atoms with E-state index in [4.69, 9.17) is 0 Å². The third-order valence-corrected chi connectivity index (χ3v) is 3.38. The number of nitrogens with one attached hydrogen (secondary N) is 1. The van der Waals surface area contributed by atoms with Gasteiger partial charge in [-0.1, -0.05) is 38.0 Å². The molecule has 2 rings (SSSR count). The number of carboxylic acids is 1. The predicted molar refractivity (Wildman–Crippen MR) is 78.1 cm³/mol. The largest absolute Gasteiger partial charge is 0.478 e. The van der Waals surface area contributed by atoms with Crippen molar-refractivity contribution in [2.75, 3.05) is 18.5 Å². The van der Waals surface area contributed by atoms with Crippen LogP contribution in [0.15, 0.2) is 24.3 Å². The van der Waals surface area contributed by atoms with E-state index in [9.17, 15) is 9.90 Å². The average molecular weight is 260 g/mol. The summed E-state index contributed by atoms with van der Waals surface area (Å²) < 4.78 is 0. The zero-order valence-corrected chi connectivity index (χ0v) is 11.4. The van der Waals surface area contributed by atoms with Crippen LogP contribution < -0.4 is 4.90 Å². The smallest absolute Gasteiger partial charge is 0.340 e. The quantitative estimate of drug-likeness (QED) is 0.782. The van der Waals surface area contributed by atoms with E-state index in [-0.39, 0.29) is 0 Å². The fourth-order valence-corrected chi connectivity index (χ4v) is 2.34. The Morgan fingerprint density at radius 3 is 2.74 bits per heavy atom. The molecule has 0 spiro atoms. The molecule has 1 heterocycles. The van der Waals surface area contributed by atoms with E-state index in [1.165, 1.54) is 0 Å². The molecule has 2 aromatic rings. The summed E-state index contributed by atoms with van der Waals surface area (Å²) in [6.07, 6.45) is 3.39. The first-order valence-corrected chi connectivity index (χ1v) is 6.70. The lowest BCUT2D eigenvalue weighted by molar-refractivity contribution is 0.0700. The van der Waals surface area contributed by atoms with Crippen molar-refractivity contribution in [3.63, 3.8) is 0 Å². The highest BCUT2D eigenvalue weighted by atomic mass is 16.4. The summed E-state index contributed by atoms with van der Waals surface area (Å²) in [7, 11) is 1.94. The van der Waals surface area contributed by atoms with Gasteiger partial charge in [0.05, 0.1) is 0 Å². The number of H-pyrrole nitrogens is 1. The molecule has 4 heteroatoms. The number of hydrogen-bond acceptors (Lipinski definition) is 2. The molecule has 0 aliphatic heterocycles. The van der Waals surface area contributed by atoms with Crippen molar-refractivity contribution >= 4 is 22.7 Å². The molecule has 2 N–H and O–H groups in total. The Balaban J connectivity index is 2.36. The van der Waals surface area contributed by atoms with Crippen LogP contribution in [0.2, 0.25) is 0 Å². The van der Waals surface area contributed by atoms with E-state index in [1.54, 1.807) is 0 Å². The lowest BCUT2D eigenvalue weighted by Crippen LogP contribution is -2.21. The molecule has 0 unspecified atom stereocenters. The molecule has 0 aliphatic carbocycles. The fraction of sp³-hybridized carbons (Fsp3) is 0.400. The van der Waals surface area contributed by atoms with Crippen LogP contribution in [0.25, 0.3) is 10.9 Å². The zero-order chi connectivity index (χ0) is 13.8. The Morgan fingerprint density at radius 1 is 1.32 bits per heavy atom. The van der Waals surface area contributed by atoms with Crippen LogP contribution in [0.5, 0.6) is 0 Å². The van der Waals surface area contributed by atoms with Crippen molar-refractivity contribution in [3.05, 3.63) is 29.8 Å². The Morgan fingerprint density at radius 2 is 2.05 bits per heavy atom. The van der Waals surface area contributed by atoms with Crippen LogP contribution in [-0.2, 0) is 0 Å². The number of fused-ring (bicyclic) bond motifs is 1. The number of hydrogen-bond donors (Lipinski definition) is 2. The van der Waals surface area contributed by atoms with Gasteiger partial charge in [0.2, 0.25) is 0 Å². The Kier molecular flexibility index (Phi) is 4.10. The first-order valence-electron chi connectivity index (χ1n) is 6.70. The number of carboxylic acid groups (broad SMARTS) is 1. The van der Waals surface area contributed by atoms with Gasteiger partial charge in [-0.05, 0) is 12.5 Å². The summed E-state index contributed by atoms with van der Waals surface area (Å²) >= 11 is 0. The minimum absolute atomic E-state index is 0.370. The highest BCUT2D eigenvalue weighted by Crippen LogP contribution is 2.28. The van der Waals surface area contributed by atoms with Crippen molar-refractivity contribution in [3.8, 4) is 0 Å². The van der Waals surface area contributed by atoms with Crippen molar-refractivity contribution in [1.82, 2.24) is 4.98 Å². The maximum absolute atomic E-state index is 11.5. The van der Waals surface area contributed by atoms with Gasteiger partial charge in [-0.25, -0.2) is 4.79 Å². The maximum atomic E-state index is 11.5. The van der Waals surface area contributed by atoms with E-state index in [0.717, 1.165) is 36.7 Å². The van der Waals surface area contributed by atoms with Gasteiger partial charge < -0.3 is 15.0 Å². The van der Waals surface area contributed by atoms with Gasteiger partial charge in [0.15, 0.2) is 0 Å². The lowest BCUT2D eigenvalue weighted by atomic mass is 10.1. The number of aromatic amines is 1. The third kappa shape index (κ3) is 2.72. The second-order valence-electron chi connectivity index (χ2n) is 4.83. The number of carbonyl (C=O) groups is 1. The number of unbranched alkanes of at least 4 members (excludes halogenated alkanes) is 2. The van der Waals surface area contributed by atoms with Crippen LogP contribution >= 0.6 is 0 Å². The zero-order valence-electron chi connectivity index (χ0n) is 11.4. The number of nitrogens with zero attached hydrogens (tertiary/aromatic N) is 1. The molecule has 19 heavy (non-hydrogen) atoms. The SMILES string of the molecule is CCCCCN(C)c1[nH]c2ccccc2c1C(=O)O. The van der Waals surface area contributed by atoms with Gasteiger partial charge in [-0.2, -0.15) is 0 Å². The van der Waals surface area contributed by atoms with Crippen molar-refractivity contribution in [2.45, 2.75) is 26.2 Å². The van der Waals surface area contributed by atoms with E-state index >= 15 is 0 Å². The second kappa shape index (κ2) is 5.78. The highest BCUT2D eigenvalue weighted by Gasteiger charge is 2.19. The van der Waals surface area contributed by atoms with E-state index in [2.05, 4.69) is 11.9 Å². The molecule has 0 saturated carbocycles. The van der Waals surface area contributed by atoms with E-state index in [1.807, 2.05) is 36.2 Å². The van der Waals surface area contributed by atoms with Crippen LogP contribution in [0.1, 0.15) is 36.5 Å². The van der Waals surface area contributed by atoms with Crippen molar-refractivity contribution < 1.29 is 9.90 Å². The summed E-state index contributed by atoms with van der Waals surface area (Å²) in [6.45, 7) is 3.02. The van der Waals surface area contributed by atoms with Gasteiger partial charge in [-0.3, -0.25) is 0 Å². The Bertz CT molecular complexity index is 575. The Labute approximate surface area is 113 Å². The minimum Gasteiger partial charge on any atom is -0.478 e. The van der Waals surface area contributed by atoms with Crippen LogP contribution in [0.4, 0.5) is 5.82 Å². The van der Waals surface area contributed by atoms with Gasteiger partial charge >= 0.3 is 5.97 Å². The standard InChI is InChI=1S/C15H20N2O2/c1-3-4-7-10-17(2)14-13(15(18)19)11-8-5-6-9-12(11)16-14/h5-6,8-9,16H,3-4,7,10H2,1-2H3,(H,18,19). The molecule has 1 aromatic heterocycles. The van der Waals surface area contributed by atoms with E-state index in [0.29, 0.717) is 11.4 Å².